The minimum absolute atomic E-state index is 0.466. The molecule has 0 aliphatic carbocycles. The van der Waals surface area contributed by atoms with Crippen LogP contribution in [0.3, 0.4) is 0 Å². The third kappa shape index (κ3) is 7.10. The van der Waals surface area contributed by atoms with Crippen molar-refractivity contribution >= 4 is 17.3 Å². The van der Waals surface area contributed by atoms with E-state index in [-0.39, 0.29) is 0 Å². The molecular weight excluding hydrogens is 382 g/mol. The van der Waals surface area contributed by atoms with Gasteiger partial charge in [-0.2, -0.15) is 0 Å². The Balaban J connectivity index is 1.51. The Kier molecular flexibility index (Phi) is 8.46. The lowest BCUT2D eigenvalue weighted by molar-refractivity contribution is 0.0342. The molecule has 1 aromatic carbocycles. The highest BCUT2D eigenvalue weighted by Crippen LogP contribution is 2.17. The molecule has 1 aliphatic rings. The summed E-state index contributed by atoms with van der Waals surface area (Å²) in [5.74, 6) is 1.29. The zero-order valence-corrected chi connectivity index (χ0v) is 18.6. The predicted octanol–water partition coefficient (Wildman–Crippen LogP) is 3.35. The number of morpholine rings is 1. The molecule has 0 unspecified atom stereocenters. The van der Waals surface area contributed by atoms with Crippen molar-refractivity contribution in [1.29, 1.82) is 0 Å². The predicted molar refractivity (Wildman–Crippen MR) is 120 cm³/mol. The summed E-state index contributed by atoms with van der Waals surface area (Å²) >= 11 is 1.70. The van der Waals surface area contributed by atoms with Gasteiger partial charge in [0, 0.05) is 31.6 Å². The molecule has 29 heavy (non-hydrogen) atoms. The maximum Gasteiger partial charge on any atom is 0.191 e. The number of aliphatic imine (C=N–C) groups is 1. The van der Waals surface area contributed by atoms with Gasteiger partial charge in [0.2, 0.25) is 0 Å². The summed E-state index contributed by atoms with van der Waals surface area (Å²) < 4.78 is 5.42. The molecule has 0 radical (unpaired) electrons. The summed E-state index contributed by atoms with van der Waals surface area (Å²) in [5, 5.41) is 9.94. The van der Waals surface area contributed by atoms with E-state index in [1.54, 1.807) is 11.3 Å². The molecule has 0 amide bonds. The number of aromatic nitrogens is 1. The molecule has 0 bridgehead atoms. The summed E-state index contributed by atoms with van der Waals surface area (Å²) in [6.45, 7) is 13.3. The fraction of sp³-hybridized carbons (Fsp3) is 0.545. The lowest BCUT2D eigenvalue weighted by atomic mass is 10.1. The zero-order chi connectivity index (χ0) is 20.5. The molecule has 0 spiro atoms. The first-order valence-electron chi connectivity index (χ1n) is 10.5. The molecule has 3 rings (SSSR count). The third-order valence-electron chi connectivity index (χ3n) is 4.86. The van der Waals surface area contributed by atoms with Gasteiger partial charge in [-0.05, 0) is 24.0 Å². The number of benzene rings is 1. The van der Waals surface area contributed by atoms with Crippen molar-refractivity contribution in [3.05, 3.63) is 51.5 Å². The van der Waals surface area contributed by atoms with Crippen molar-refractivity contribution in [2.24, 2.45) is 4.99 Å². The van der Waals surface area contributed by atoms with Gasteiger partial charge in [0.15, 0.2) is 5.96 Å². The van der Waals surface area contributed by atoms with Crippen molar-refractivity contribution in [2.75, 3.05) is 32.8 Å². The Morgan fingerprint density at radius 2 is 1.90 bits per heavy atom. The SMILES string of the molecule is CCNC(=NCc1ccc(CN2CCOCC2)cc1)NCc1nc(C(C)C)cs1. The van der Waals surface area contributed by atoms with Crippen LogP contribution in [0.25, 0.3) is 0 Å². The fourth-order valence-corrected chi connectivity index (χ4v) is 4.01. The van der Waals surface area contributed by atoms with Crippen molar-refractivity contribution in [1.82, 2.24) is 20.5 Å². The Bertz CT molecular complexity index is 766. The molecule has 1 fully saturated rings. The highest BCUT2D eigenvalue weighted by Gasteiger charge is 2.10. The second-order valence-corrected chi connectivity index (χ2v) is 8.52. The zero-order valence-electron chi connectivity index (χ0n) is 17.8. The molecule has 2 N–H and O–H groups in total. The number of nitrogens with one attached hydrogen (secondary N) is 2. The van der Waals surface area contributed by atoms with Crippen LogP contribution in [0.4, 0.5) is 0 Å². The quantitative estimate of drug-likeness (QED) is 0.511. The van der Waals surface area contributed by atoms with Gasteiger partial charge in [-0.15, -0.1) is 11.3 Å². The van der Waals surface area contributed by atoms with Crippen LogP contribution in [0.5, 0.6) is 0 Å². The van der Waals surface area contributed by atoms with Gasteiger partial charge in [0.05, 0.1) is 32.0 Å². The molecule has 7 heteroatoms. The number of hydrogen-bond acceptors (Lipinski definition) is 5. The number of rotatable bonds is 8. The monoisotopic (exact) mass is 415 g/mol. The number of nitrogens with zero attached hydrogens (tertiary/aromatic N) is 3. The molecule has 0 saturated carbocycles. The van der Waals surface area contributed by atoms with E-state index in [1.807, 2.05) is 0 Å². The standard InChI is InChI=1S/C22H33N5OS/c1-4-23-22(25-14-21-26-20(16-29-21)17(2)3)24-13-18-5-7-19(8-6-18)15-27-9-11-28-12-10-27/h5-8,16-17H,4,9-15H2,1-3H3,(H2,23,24,25). The van der Waals surface area contributed by atoms with Crippen LogP contribution < -0.4 is 10.6 Å². The first-order chi connectivity index (χ1) is 14.1. The Hall–Kier alpha value is -1.96. The van der Waals surface area contributed by atoms with E-state index in [0.29, 0.717) is 19.0 Å². The van der Waals surface area contributed by atoms with Crippen molar-refractivity contribution < 1.29 is 4.74 Å². The van der Waals surface area contributed by atoms with E-state index < -0.39 is 0 Å². The van der Waals surface area contributed by atoms with Gasteiger partial charge < -0.3 is 15.4 Å². The largest absolute Gasteiger partial charge is 0.379 e. The molecule has 0 atom stereocenters. The van der Waals surface area contributed by atoms with E-state index >= 15 is 0 Å². The van der Waals surface area contributed by atoms with Gasteiger partial charge in [-0.25, -0.2) is 9.98 Å². The van der Waals surface area contributed by atoms with Crippen LogP contribution in [0.2, 0.25) is 0 Å². The first-order valence-corrected chi connectivity index (χ1v) is 11.4. The van der Waals surface area contributed by atoms with Crippen LogP contribution >= 0.6 is 11.3 Å². The van der Waals surface area contributed by atoms with Crippen molar-refractivity contribution in [2.45, 2.75) is 46.3 Å². The second kappa shape index (κ2) is 11.3. The molecule has 1 aliphatic heterocycles. The van der Waals surface area contributed by atoms with Crippen LogP contribution in [0, 0.1) is 0 Å². The Morgan fingerprint density at radius 3 is 2.55 bits per heavy atom. The number of ether oxygens (including phenoxy) is 1. The Labute approximate surface area is 178 Å². The normalized spacial score (nSPS) is 15.7. The Morgan fingerprint density at radius 1 is 1.17 bits per heavy atom. The van der Waals surface area contributed by atoms with Gasteiger partial charge >= 0.3 is 0 Å². The van der Waals surface area contributed by atoms with Gasteiger partial charge in [0.25, 0.3) is 0 Å². The first kappa shape index (κ1) is 21.7. The third-order valence-corrected chi connectivity index (χ3v) is 5.73. The maximum absolute atomic E-state index is 5.42. The number of thiazole rings is 1. The second-order valence-electron chi connectivity index (χ2n) is 7.57. The number of guanidine groups is 1. The van der Waals surface area contributed by atoms with E-state index in [4.69, 9.17) is 9.73 Å². The molecular formula is C22H33N5OS. The molecule has 2 heterocycles. The summed E-state index contributed by atoms with van der Waals surface area (Å²) in [7, 11) is 0. The van der Waals surface area contributed by atoms with E-state index in [2.05, 4.69) is 70.9 Å². The van der Waals surface area contributed by atoms with Gasteiger partial charge in [0.1, 0.15) is 5.01 Å². The summed E-state index contributed by atoms with van der Waals surface area (Å²) in [4.78, 5) is 11.8. The average Bonchev–Trinajstić information content (AvgIpc) is 3.21. The summed E-state index contributed by atoms with van der Waals surface area (Å²) in [6.07, 6.45) is 0. The van der Waals surface area contributed by atoms with Crippen LogP contribution in [0.1, 0.15) is 48.5 Å². The van der Waals surface area contributed by atoms with Crippen LogP contribution in [-0.4, -0.2) is 48.7 Å². The van der Waals surface area contributed by atoms with E-state index in [1.165, 1.54) is 11.1 Å². The van der Waals surface area contributed by atoms with Crippen LogP contribution in [-0.2, 0) is 24.4 Å². The van der Waals surface area contributed by atoms with Gasteiger partial charge in [-0.1, -0.05) is 38.1 Å². The highest BCUT2D eigenvalue weighted by molar-refractivity contribution is 7.09. The van der Waals surface area contributed by atoms with Crippen molar-refractivity contribution in [3.63, 3.8) is 0 Å². The summed E-state index contributed by atoms with van der Waals surface area (Å²) in [6, 6.07) is 8.78. The topological polar surface area (TPSA) is 61.8 Å². The summed E-state index contributed by atoms with van der Waals surface area (Å²) in [5.41, 5.74) is 3.71. The van der Waals surface area contributed by atoms with Gasteiger partial charge in [-0.3, -0.25) is 4.90 Å². The molecule has 6 nitrogen and oxygen atoms in total. The van der Waals surface area contributed by atoms with E-state index in [0.717, 1.165) is 56.1 Å². The molecule has 2 aromatic rings. The maximum atomic E-state index is 5.42. The molecule has 158 valence electrons. The van der Waals surface area contributed by atoms with E-state index in [9.17, 15) is 0 Å². The smallest absolute Gasteiger partial charge is 0.191 e. The lowest BCUT2D eigenvalue weighted by Gasteiger charge is -2.26. The number of hydrogen-bond donors (Lipinski definition) is 2. The minimum atomic E-state index is 0.466. The molecule has 1 saturated heterocycles. The fourth-order valence-electron chi connectivity index (χ4n) is 3.11. The minimum Gasteiger partial charge on any atom is -0.379 e. The van der Waals surface area contributed by atoms with Crippen molar-refractivity contribution in [3.8, 4) is 0 Å². The average molecular weight is 416 g/mol. The highest BCUT2D eigenvalue weighted by atomic mass is 32.1. The van der Waals surface area contributed by atoms with Crippen LogP contribution in [0.15, 0.2) is 34.6 Å². The molecule has 1 aromatic heterocycles. The lowest BCUT2D eigenvalue weighted by Crippen LogP contribution is -2.36.